The minimum absolute atomic E-state index is 0.560. The van der Waals surface area contributed by atoms with Crippen molar-refractivity contribution < 1.29 is 9.15 Å². The number of ether oxygens (including phenoxy) is 1. The van der Waals surface area contributed by atoms with Crippen molar-refractivity contribution in [2.45, 2.75) is 6.54 Å². The third kappa shape index (κ3) is 1.51. The summed E-state index contributed by atoms with van der Waals surface area (Å²) in [6.07, 6.45) is 0. The van der Waals surface area contributed by atoms with Gasteiger partial charge >= 0.3 is 0 Å². The molecule has 0 saturated heterocycles. The first-order chi connectivity index (χ1) is 4.86. The number of furan rings is 1. The fraction of sp³-hybridized carbons (Fsp3) is 0.429. The van der Waals surface area contributed by atoms with Gasteiger partial charge in [0.2, 0.25) is 0 Å². The topological polar surface area (TPSA) is 34.4 Å². The Morgan fingerprint density at radius 2 is 2.40 bits per heavy atom. The van der Waals surface area contributed by atoms with Gasteiger partial charge in [0.25, 0.3) is 5.95 Å². The van der Waals surface area contributed by atoms with E-state index in [1.165, 1.54) is 0 Å². The standard InChI is InChI=1S/C7H11NO2/c1-8-5-6-3-4-7(9-2)10-6/h3-4,8H,5H2,1-2H3. The van der Waals surface area contributed by atoms with Crippen LogP contribution in [0.2, 0.25) is 0 Å². The van der Waals surface area contributed by atoms with Crippen LogP contribution in [0, 0.1) is 0 Å². The maximum Gasteiger partial charge on any atom is 0.284 e. The van der Waals surface area contributed by atoms with Gasteiger partial charge in [-0.05, 0) is 13.1 Å². The first-order valence-electron chi connectivity index (χ1n) is 3.14. The van der Waals surface area contributed by atoms with Crippen molar-refractivity contribution in [3.63, 3.8) is 0 Å². The van der Waals surface area contributed by atoms with Crippen LogP contribution in [0.3, 0.4) is 0 Å². The normalized spacial score (nSPS) is 9.80. The Kier molecular flexibility index (Phi) is 2.34. The zero-order valence-corrected chi connectivity index (χ0v) is 6.18. The molecular weight excluding hydrogens is 130 g/mol. The molecule has 3 heteroatoms. The fourth-order valence-corrected chi connectivity index (χ4v) is 0.737. The molecule has 0 aliphatic rings. The van der Waals surface area contributed by atoms with Crippen LogP contribution in [-0.2, 0) is 6.54 Å². The molecule has 3 nitrogen and oxygen atoms in total. The van der Waals surface area contributed by atoms with Gasteiger partial charge in [0.15, 0.2) is 0 Å². The molecule has 0 amide bonds. The molecule has 0 aliphatic heterocycles. The Morgan fingerprint density at radius 3 is 2.90 bits per heavy atom. The molecule has 0 spiro atoms. The van der Waals surface area contributed by atoms with E-state index in [1.807, 2.05) is 13.1 Å². The van der Waals surface area contributed by atoms with Gasteiger partial charge in [-0.25, -0.2) is 0 Å². The van der Waals surface area contributed by atoms with Gasteiger partial charge in [-0.15, -0.1) is 0 Å². The lowest BCUT2D eigenvalue weighted by Crippen LogP contribution is -2.03. The van der Waals surface area contributed by atoms with Crippen LogP contribution in [-0.4, -0.2) is 14.2 Å². The van der Waals surface area contributed by atoms with Gasteiger partial charge in [0.05, 0.1) is 13.7 Å². The summed E-state index contributed by atoms with van der Waals surface area (Å²) in [5.74, 6) is 1.45. The maximum atomic E-state index is 5.19. The van der Waals surface area contributed by atoms with Gasteiger partial charge < -0.3 is 14.5 Å². The Morgan fingerprint density at radius 1 is 1.60 bits per heavy atom. The van der Waals surface area contributed by atoms with Gasteiger partial charge in [0, 0.05) is 6.07 Å². The number of hydrogen-bond donors (Lipinski definition) is 1. The molecule has 0 aromatic carbocycles. The van der Waals surface area contributed by atoms with Gasteiger partial charge in [-0.3, -0.25) is 0 Å². The van der Waals surface area contributed by atoms with Crippen molar-refractivity contribution in [1.82, 2.24) is 5.32 Å². The van der Waals surface area contributed by atoms with E-state index in [-0.39, 0.29) is 0 Å². The summed E-state index contributed by atoms with van der Waals surface area (Å²) in [6.45, 7) is 0.739. The molecule has 0 saturated carbocycles. The molecule has 1 aromatic rings. The first-order valence-corrected chi connectivity index (χ1v) is 3.14. The molecule has 0 unspecified atom stereocenters. The molecule has 0 fully saturated rings. The summed E-state index contributed by atoms with van der Waals surface area (Å²) in [5.41, 5.74) is 0. The van der Waals surface area contributed by atoms with Crippen LogP contribution in [0.15, 0.2) is 16.5 Å². The van der Waals surface area contributed by atoms with Crippen LogP contribution in [0.5, 0.6) is 5.95 Å². The van der Waals surface area contributed by atoms with Crippen molar-refractivity contribution in [1.29, 1.82) is 0 Å². The third-order valence-electron chi connectivity index (χ3n) is 1.19. The second-order valence-electron chi connectivity index (χ2n) is 1.96. The van der Waals surface area contributed by atoms with Gasteiger partial charge in [0.1, 0.15) is 5.76 Å². The van der Waals surface area contributed by atoms with E-state index in [9.17, 15) is 0 Å². The predicted octanol–water partition coefficient (Wildman–Crippen LogP) is 1.01. The second kappa shape index (κ2) is 3.27. The summed E-state index contributed by atoms with van der Waals surface area (Å²) in [6, 6.07) is 3.68. The molecule has 1 aromatic heterocycles. The molecular formula is C7H11NO2. The highest BCUT2D eigenvalue weighted by Crippen LogP contribution is 2.14. The molecule has 0 bridgehead atoms. The van der Waals surface area contributed by atoms with Crippen molar-refractivity contribution in [2.75, 3.05) is 14.2 Å². The summed E-state index contributed by atoms with van der Waals surface area (Å²) < 4.78 is 10.0. The molecule has 1 heterocycles. The Balaban J connectivity index is 2.59. The fourth-order valence-electron chi connectivity index (χ4n) is 0.737. The zero-order chi connectivity index (χ0) is 7.40. The molecule has 1 N–H and O–H groups in total. The van der Waals surface area contributed by atoms with Gasteiger partial charge in [-0.1, -0.05) is 0 Å². The predicted molar refractivity (Wildman–Crippen MR) is 38.0 cm³/mol. The molecule has 10 heavy (non-hydrogen) atoms. The number of methoxy groups -OCH3 is 1. The average Bonchev–Trinajstić information content (AvgIpc) is 2.37. The van der Waals surface area contributed by atoms with Crippen LogP contribution in [0.4, 0.5) is 0 Å². The second-order valence-corrected chi connectivity index (χ2v) is 1.96. The lowest BCUT2D eigenvalue weighted by molar-refractivity contribution is 0.293. The van der Waals surface area contributed by atoms with Crippen LogP contribution < -0.4 is 10.1 Å². The maximum absolute atomic E-state index is 5.19. The summed E-state index contributed by atoms with van der Waals surface area (Å²) in [4.78, 5) is 0. The number of hydrogen-bond acceptors (Lipinski definition) is 3. The SMILES string of the molecule is CNCc1ccc(OC)o1. The van der Waals surface area contributed by atoms with E-state index in [4.69, 9.17) is 9.15 Å². The average molecular weight is 141 g/mol. The van der Waals surface area contributed by atoms with Crippen molar-refractivity contribution in [3.05, 3.63) is 17.9 Å². The molecule has 0 aliphatic carbocycles. The zero-order valence-electron chi connectivity index (χ0n) is 6.18. The third-order valence-corrected chi connectivity index (χ3v) is 1.19. The summed E-state index contributed by atoms with van der Waals surface area (Å²) in [5, 5.41) is 2.97. The molecule has 0 atom stereocenters. The van der Waals surface area contributed by atoms with E-state index < -0.39 is 0 Å². The minimum atomic E-state index is 0.560. The number of nitrogens with one attached hydrogen (secondary N) is 1. The largest absolute Gasteiger partial charge is 0.468 e. The van der Waals surface area contributed by atoms with E-state index >= 15 is 0 Å². The van der Waals surface area contributed by atoms with Crippen molar-refractivity contribution in [2.24, 2.45) is 0 Å². The summed E-state index contributed by atoms with van der Waals surface area (Å²) >= 11 is 0. The van der Waals surface area contributed by atoms with E-state index in [0.717, 1.165) is 12.3 Å². The minimum Gasteiger partial charge on any atom is -0.468 e. The Bertz CT molecular complexity index is 195. The Hall–Kier alpha value is -0.960. The monoisotopic (exact) mass is 141 g/mol. The van der Waals surface area contributed by atoms with Crippen LogP contribution in [0.25, 0.3) is 0 Å². The summed E-state index contributed by atoms with van der Waals surface area (Å²) in [7, 11) is 3.46. The Labute approximate surface area is 60.0 Å². The van der Waals surface area contributed by atoms with E-state index in [0.29, 0.717) is 5.95 Å². The smallest absolute Gasteiger partial charge is 0.284 e. The first kappa shape index (κ1) is 7.15. The van der Waals surface area contributed by atoms with Crippen LogP contribution >= 0.6 is 0 Å². The highest BCUT2D eigenvalue weighted by molar-refractivity contribution is 5.11. The van der Waals surface area contributed by atoms with E-state index in [2.05, 4.69) is 5.32 Å². The molecule has 56 valence electrons. The highest BCUT2D eigenvalue weighted by Gasteiger charge is 1.98. The lowest BCUT2D eigenvalue weighted by Gasteiger charge is -1.92. The number of rotatable bonds is 3. The van der Waals surface area contributed by atoms with Gasteiger partial charge in [-0.2, -0.15) is 0 Å². The van der Waals surface area contributed by atoms with E-state index in [1.54, 1.807) is 13.2 Å². The van der Waals surface area contributed by atoms with Crippen molar-refractivity contribution >= 4 is 0 Å². The lowest BCUT2D eigenvalue weighted by atomic mass is 10.4. The van der Waals surface area contributed by atoms with Crippen LogP contribution in [0.1, 0.15) is 5.76 Å². The highest BCUT2D eigenvalue weighted by atomic mass is 16.6. The quantitative estimate of drug-likeness (QED) is 0.682. The van der Waals surface area contributed by atoms with Crippen molar-refractivity contribution in [3.8, 4) is 5.95 Å². The molecule has 1 rings (SSSR count). The molecule has 0 radical (unpaired) electrons.